The first-order valence-electron chi connectivity index (χ1n) is 7.37. The summed E-state index contributed by atoms with van der Waals surface area (Å²) in [4.78, 5) is 4.21. The quantitative estimate of drug-likeness (QED) is 0.640. The highest BCUT2D eigenvalue weighted by atomic mass is 14.6. The molecule has 0 saturated heterocycles. The van der Waals surface area contributed by atoms with Crippen LogP contribution in [0.15, 0.2) is 29.3 Å². The lowest BCUT2D eigenvalue weighted by molar-refractivity contribution is 0.559. The van der Waals surface area contributed by atoms with Crippen LogP contribution in [0.25, 0.3) is 5.57 Å². The van der Waals surface area contributed by atoms with E-state index in [2.05, 4.69) is 57.0 Å². The van der Waals surface area contributed by atoms with E-state index in [4.69, 9.17) is 0 Å². The zero-order chi connectivity index (χ0) is 14.3. The van der Waals surface area contributed by atoms with Crippen molar-refractivity contribution in [3.8, 4) is 0 Å². The van der Waals surface area contributed by atoms with Gasteiger partial charge in [-0.3, -0.25) is 4.99 Å². The summed E-state index contributed by atoms with van der Waals surface area (Å²) in [6.07, 6.45) is 7.59. The van der Waals surface area contributed by atoms with Crippen LogP contribution in [-0.2, 0) is 12.8 Å². The van der Waals surface area contributed by atoms with E-state index in [-0.39, 0.29) is 0 Å². The Morgan fingerprint density at radius 1 is 1.26 bits per heavy atom. The lowest BCUT2D eigenvalue weighted by Crippen LogP contribution is -2.05. The Hall–Kier alpha value is -1.37. The number of nitrogens with zero attached hydrogens (tertiary/aromatic N) is 1. The Balaban J connectivity index is 3.31. The molecule has 1 heteroatoms. The smallest absolute Gasteiger partial charge is 0.0284 e. The number of hydrogen-bond acceptors (Lipinski definition) is 1. The molecule has 1 nitrogen and oxygen atoms in total. The largest absolute Gasteiger partial charge is 0.296 e. The van der Waals surface area contributed by atoms with Crippen LogP contribution in [0.2, 0.25) is 0 Å². The molecular formula is C18H27N. The number of hydrogen-bond donors (Lipinski definition) is 0. The first-order chi connectivity index (χ1) is 9.17. The van der Waals surface area contributed by atoms with Gasteiger partial charge in [-0.2, -0.15) is 0 Å². The Labute approximate surface area is 118 Å². The normalized spacial score (nSPS) is 14.1. The second kappa shape index (κ2) is 7.93. The molecule has 1 rings (SSSR count). The van der Waals surface area contributed by atoms with Gasteiger partial charge in [-0.15, -0.1) is 0 Å². The number of allylic oxidation sites excluding steroid dienone is 2. The predicted molar refractivity (Wildman–Crippen MR) is 87.0 cm³/mol. The van der Waals surface area contributed by atoms with Gasteiger partial charge >= 0.3 is 0 Å². The summed E-state index contributed by atoms with van der Waals surface area (Å²) in [6.45, 7) is 8.91. The molecule has 0 aliphatic rings. The molecule has 1 aromatic rings. The molecule has 19 heavy (non-hydrogen) atoms. The maximum absolute atomic E-state index is 4.21. The third kappa shape index (κ3) is 4.05. The molecule has 0 radical (unpaired) electrons. The topological polar surface area (TPSA) is 12.4 Å². The highest BCUT2D eigenvalue weighted by Gasteiger charge is 2.12. The fraction of sp³-hybridized carbons (Fsp3) is 0.500. The summed E-state index contributed by atoms with van der Waals surface area (Å²) in [5.74, 6) is 0.725. The van der Waals surface area contributed by atoms with Crippen LogP contribution in [0.4, 0.5) is 0 Å². The molecule has 0 fully saturated rings. The molecular weight excluding hydrogens is 230 g/mol. The van der Waals surface area contributed by atoms with Gasteiger partial charge in [-0.25, -0.2) is 0 Å². The molecule has 0 N–H and O–H groups in total. The summed E-state index contributed by atoms with van der Waals surface area (Å²) in [5, 5.41) is 0. The molecule has 0 saturated carbocycles. The van der Waals surface area contributed by atoms with E-state index in [0.717, 1.165) is 18.8 Å². The maximum Gasteiger partial charge on any atom is 0.0284 e. The van der Waals surface area contributed by atoms with Gasteiger partial charge < -0.3 is 0 Å². The van der Waals surface area contributed by atoms with Crippen LogP contribution < -0.4 is 0 Å². The average molecular weight is 257 g/mol. The molecule has 0 aromatic heterocycles. The van der Waals surface area contributed by atoms with Crippen LogP contribution in [0.3, 0.4) is 0 Å². The van der Waals surface area contributed by atoms with Gasteiger partial charge in [-0.05, 0) is 47.9 Å². The first kappa shape index (κ1) is 15.7. The maximum atomic E-state index is 4.21. The van der Waals surface area contributed by atoms with Crippen LogP contribution in [0.1, 0.15) is 50.8 Å². The van der Waals surface area contributed by atoms with Gasteiger partial charge in [-0.1, -0.05) is 51.5 Å². The zero-order valence-electron chi connectivity index (χ0n) is 13.0. The van der Waals surface area contributed by atoms with E-state index < -0.39 is 0 Å². The Morgan fingerprint density at radius 2 is 1.95 bits per heavy atom. The van der Waals surface area contributed by atoms with Crippen LogP contribution in [0, 0.1) is 5.92 Å². The van der Waals surface area contributed by atoms with E-state index >= 15 is 0 Å². The molecule has 0 heterocycles. The number of rotatable bonds is 6. The Morgan fingerprint density at radius 3 is 2.47 bits per heavy atom. The first-order valence-corrected chi connectivity index (χ1v) is 7.37. The van der Waals surface area contributed by atoms with Crippen molar-refractivity contribution in [1.82, 2.24) is 0 Å². The van der Waals surface area contributed by atoms with Gasteiger partial charge in [0.05, 0.1) is 0 Å². The lowest BCUT2D eigenvalue weighted by atomic mass is 9.88. The minimum absolute atomic E-state index is 0.725. The SMILES string of the molecule is C/C=C(\C=NC)c1c(CC)cccc1CC(C)CC. The molecule has 1 aromatic carbocycles. The Kier molecular flexibility index (Phi) is 6.55. The summed E-state index contributed by atoms with van der Waals surface area (Å²) >= 11 is 0. The zero-order valence-corrected chi connectivity index (χ0v) is 13.0. The summed E-state index contributed by atoms with van der Waals surface area (Å²) in [7, 11) is 1.84. The van der Waals surface area contributed by atoms with Crippen molar-refractivity contribution in [2.24, 2.45) is 10.9 Å². The third-order valence-electron chi connectivity index (χ3n) is 3.75. The van der Waals surface area contributed by atoms with Crippen molar-refractivity contribution in [3.05, 3.63) is 41.0 Å². The predicted octanol–water partition coefficient (Wildman–Crippen LogP) is 4.94. The van der Waals surface area contributed by atoms with E-state index in [1.54, 1.807) is 0 Å². The second-order valence-electron chi connectivity index (χ2n) is 5.15. The molecule has 1 atom stereocenters. The van der Waals surface area contributed by atoms with Crippen molar-refractivity contribution in [3.63, 3.8) is 0 Å². The second-order valence-corrected chi connectivity index (χ2v) is 5.15. The van der Waals surface area contributed by atoms with Crippen LogP contribution >= 0.6 is 0 Å². The molecule has 0 amide bonds. The summed E-state index contributed by atoms with van der Waals surface area (Å²) in [5.41, 5.74) is 5.53. The van der Waals surface area contributed by atoms with Gasteiger partial charge in [0.2, 0.25) is 0 Å². The third-order valence-corrected chi connectivity index (χ3v) is 3.75. The minimum Gasteiger partial charge on any atom is -0.296 e. The van der Waals surface area contributed by atoms with Gasteiger partial charge in [0.1, 0.15) is 0 Å². The monoisotopic (exact) mass is 257 g/mol. The molecule has 0 bridgehead atoms. The lowest BCUT2D eigenvalue weighted by Gasteiger charge is -2.17. The van der Waals surface area contributed by atoms with E-state index in [9.17, 15) is 0 Å². The fourth-order valence-electron chi connectivity index (χ4n) is 2.43. The highest BCUT2D eigenvalue weighted by molar-refractivity contribution is 6.10. The minimum atomic E-state index is 0.725. The number of aliphatic imine (C=N–C) groups is 1. The summed E-state index contributed by atoms with van der Waals surface area (Å²) in [6, 6.07) is 6.70. The van der Waals surface area contributed by atoms with Crippen molar-refractivity contribution in [2.45, 2.75) is 47.0 Å². The van der Waals surface area contributed by atoms with Gasteiger partial charge in [0.25, 0.3) is 0 Å². The molecule has 0 aliphatic carbocycles. The van der Waals surface area contributed by atoms with Crippen molar-refractivity contribution >= 4 is 11.8 Å². The standard InChI is InChI=1S/C18H27N/c1-6-14(4)12-17-11-9-10-15(7-2)18(17)16(8-3)13-19-5/h8-11,13-14H,6-7,12H2,1-5H3/b16-8+,19-13?. The highest BCUT2D eigenvalue weighted by Crippen LogP contribution is 2.26. The van der Waals surface area contributed by atoms with Crippen molar-refractivity contribution < 1.29 is 0 Å². The molecule has 0 aliphatic heterocycles. The van der Waals surface area contributed by atoms with Gasteiger partial charge in [0.15, 0.2) is 0 Å². The van der Waals surface area contributed by atoms with Crippen molar-refractivity contribution in [2.75, 3.05) is 7.05 Å². The molecule has 104 valence electrons. The summed E-state index contributed by atoms with van der Waals surface area (Å²) < 4.78 is 0. The Bertz CT molecular complexity index is 455. The number of aryl methyl sites for hydroxylation is 1. The average Bonchev–Trinajstić information content (AvgIpc) is 2.44. The van der Waals surface area contributed by atoms with Crippen molar-refractivity contribution in [1.29, 1.82) is 0 Å². The molecule has 0 spiro atoms. The van der Waals surface area contributed by atoms with E-state index in [1.807, 2.05) is 13.3 Å². The van der Waals surface area contributed by atoms with E-state index in [0.29, 0.717) is 0 Å². The molecule has 1 unspecified atom stereocenters. The van der Waals surface area contributed by atoms with E-state index in [1.165, 1.54) is 28.7 Å². The van der Waals surface area contributed by atoms with Crippen LogP contribution in [0.5, 0.6) is 0 Å². The fourth-order valence-corrected chi connectivity index (χ4v) is 2.43. The van der Waals surface area contributed by atoms with Gasteiger partial charge in [0, 0.05) is 13.3 Å². The van der Waals surface area contributed by atoms with Crippen LogP contribution in [-0.4, -0.2) is 13.3 Å². The number of benzene rings is 1.